The summed E-state index contributed by atoms with van der Waals surface area (Å²) in [6.45, 7) is 2.99. The maximum atomic E-state index is 14.7. The Hall–Kier alpha value is -4.03. The number of methoxy groups -OCH3 is 1. The largest absolute Gasteiger partial charge is 0.491 e. The number of hydrogen-bond donors (Lipinski definition) is 3. The van der Waals surface area contributed by atoms with E-state index in [2.05, 4.69) is 15.5 Å². The monoisotopic (exact) mass is 662 g/mol. The van der Waals surface area contributed by atoms with E-state index in [4.69, 9.17) is 14.5 Å². The predicted octanol–water partition coefficient (Wildman–Crippen LogP) is 5.91. The molecule has 0 spiro atoms. The fraction of sp³-hybridized carbons (Fsp3) is 0.405. The standard InChI is InChI=1S/C37H41F3N4O4/c1-47-20-21-48-29-10-11-32-30(23-29)33(35(46)43-36(14-15-36)26-7-3-2-4-8-26)31(24-44-17-12-28(13-18-44)41-16-19-45)34(42-32)25-6-5-9-27(22-25)37(38,39)40/h2-11,22-23,28,41,45H,12-21,24H2,1H3,(H,43,46). The molecule has 1 saturated carbocycles. The summed E-state index contributed by atoms with van der Waals surface area (Å²) in [6.07, 6.45) is -1.33. The topological polar surface area (TPSA) is 96.0 Å². The number of halogens is 3. The third kappa shape index (κ3) is 7.65. The lowest BCUT2D eigenvalue weighted by Crippen LogP contribution is -2.43. The number of pyridine rings is 1. The molecule has 1 aliphatic carbocycles. The molecule has 2 aliphatic rings. The van der Waals surface area contributed by atoms with Gasteiger partial charge < -0.3 is 25.2 Å². The Bertz CT molecular complexity index is 1720. The highest BCUT2D eigenvalue weighted by atomic mass is 19.4. The lowest BCUT2D eigenvalue weighted by molar-refractivity contribution is -0.137. The van der Waals surface area contributed by atoms with E-state index >= 15 is 0 Å². The maximum Gasteiger partial charge on any atom is 0.416 e. The third-order valence-electron chi connectivity index (χ3n) is 9.25. The number of carbonyl (C=O) groups is 1. The number of rotatable bonds is 13. The first-order chi connectivity index (χ1) is 23.2. The van der Waals surface area contributed by atoms with E-state index in [9.17, 15) is 23.1 Å². The number of amides is 1. The molecule has 0 atom stereocenters. The lowest BCUT2D eigenvalue weighted by atomic mass is 9.93. The van der Waals surface area contributed by atoms with Crippen molar-refractivity contribution >= 4 is 16.8 Å². The van der Waals surface area contributed by atoms with Gasteiger partial charge in [0.25, 0.3) is 5.91 Å². The molecule has 1 aromatic heterocycles. The minimum atomic E-state index is -4.54. The Morgan fingerprint density at radius 1 is 1.02 bits per heavy atom. The van der Waals surface area contributed by atoms with Crippen LogP contribution in [0.25, 0.3) is 22.2 Å². The van der Waals surface area contributed by atoms with Gasteiger partial charge in [0, 0.05) is 42.8 Å². The van der Waals surface area contributed by atoms with Crippen molar-refractivity contribution in [2.24, 2.45) is 0 Å². The van der Waals surface area contributed by atoms with Gasteiger partial charge in [0.2, 0.25) is 0 Å². The number of fused-ring (bicyclic) bond motifs is 1. The average Bonchev–Trinajstić information content (AvgIpc) is 3.88. The molecule has 2 heterocycles. The summed E-state index contributed by atoms with van der Waals surface area (Å²) in [4.78, 5) is 21.8. The number of aromatic nitrogens is 1. The highest BCUT2D eigenvalue weighted by Gasteiger charge is 2.46. The van der Waals surface area contributed by atoms with Gasteiger partial charge >= 0.3 is 6.18 Å². The van der Waals surface area contributed by atoms with Gasteiger partial charge in [-0.2, -0.15) is 13.2 Å². The Morgan fingerprint density at radius 3 is 2.48 bits per heavy atom. The molecule has 1 saturated heterocycles. The van der Waals surface area contributed by atoms with E-state index in [-0.39, 0.29) is 18.6 Å². The van der Waals surface area contributed by atoms with Crippen molar-refractivity contribution in [2.45, 2.75) is 50.0 Å². The summed E-state index contributed by atoms with van der Waals surface area (Å²) in [5.41, 5.74) is 1.77. The quantitative estimate of drug-likeness (QED) is 0.153. The molecule has 1 aliphatic heterocycles. The Balaban J connectivity index is 1.48. The van der Waals surface area contributed by atoms with Gasteiger partial charge in [-0.15, -0.1) is 0 Å². The number of piperidine rings is 1. The van der Waals surface area contributed by atoms with Gasteiger partial charge in [0.05, 0.1) is 41.1 Å². The van der Waals surface area contributed by atoms with Crippen molar-refractivity contribution in [1.29, 1.82) is 0 Å². The number of likely N-dealkylation sites (tertiary alicyclic amines) is 1. The van der Waals surface area contributed by atoms with Crippen LogP contribution in [0.5, 0.6) is 5.75 Å². The second kappa shape index (κ2) is 14.6. The number of aliphatic hydroxyl groups is 1. The van der Waals surface area contributed by atoms with Crippen molar-refractivity contribution in [2.75, 3.05) is 46.6 Å². The molecule has 11 heteroatoms. The van der Waals surface area contributed by atoms with Crippen LogP contribution in [0.3, 0.4) is 0 Å². The summed E-state index contributed by atoms with van der Waals surface area (Å²) in [5.74, 6) is 0.230. The summed E-state index contributed by atoms with van der Waals surface area (Å²) in [7, 11) is 1.59. The first kappa shape index (κ1) is 33.9. The zero-order chi connectivity index (χ0) is 33.7. The lowest BCUT2D eigenvalue weighted by Gasteiger charge is -2.33. The molecule has 3 N–H and O–H groups in total. The van der Waals surface area contributed by atoms with Gasteiger partial charge in [0.1, 0.15) is 12.4 Å². The second-order valence-electron chi connectivity index (χ2n) is 12.5. The number of carbonyl (C=O) groups excluding carboxylic acids is 1. The van der Waals surface area contributed by atoms with E-state index in [0.717, 1.165) is 43.4 Å². The number of aliphatic hydroxyl groups excluding tert-OH is 1. The van der Waals surface area contributed by atoms with Gasteiger partial charge in [-0.3, -0.25) is 9.69 Å². The van der Waals surface area contributed by atoms with Crippen molar-refractivity contribution < 1.29 is 32.5 Å². The highest BCUT2D eigenvalue weighted by molar-refractivity contribution is 6.09. The third-order valence-corrected chi connectivity index (χ3v) is 9.25. The van der Waals surface area contributed by atoms with Crippen LogP contribution in [0.1, 0.15) is 52.7 Å². The average molecular weight is 663 g/mol. The van der Waals surface area contributed by atoms with Crippen LogP contribution in [0.2, 0.25) is 0 Å². The fourth-order valence-corrected chi connectivity index (χ4v) is 6.54. The van der Waals surface area contributed by atoms with E-state index in [1.54, 1.807) is 31.4 Å². The Kier molecular flexibility index (Phi) is 10.3. The number of ether oxygens (including phenoxy) is 2. The summed E-state index contributed by atoms with van der Waals surface area (Å²) >= 11 is 0. The van der Waals surface area contributed by atoms with E-state index in [0.29, 0.717) is 78.4 Å². The van der Waals surface area contributed by atoms with Gasteiger partial charge in [-0.1, -0.05) is 42.5 Å². The van der Waals surface area contributed by atoms with Crippen LogP contribution in [-0.2, 0) is 23.0 Å². The highest BCUT2D eigenvalue weighted by Crippen LogP contribution is 2.46. The van der Waals surface area contributed by atoms with Crippen molar-refractivity contribution in [3.05, 3.63) is 95.1 Å². The number of benzene rings is 3. The van der Waals surface area contributed by atoms with Crippen molar-refractivity contribution in [3.63, 3.8) is 0 Å². The van der Waals surface area contributed by atoms with Crippen LogP contribution in [-0.4, -0.2) is 73.5 Å². The molecule has 4 aromatic rings. The van der Waals surface area contributed by atoms with Crippen LogP contribution >= 0.6 is 0 Å². The first-order valence-corrected chi connectivity index (χ1v) is 16.4. The molecular weight excluding hydrogens is 621 g/mol. The molecule has 254 valence electrons. The minimum absolute atomic E-state index is 0.0590. The summed E-state index contributed by atoms with van der Waals surface area (Å²) in [6, 6.07) is 20.5. The molecule has 6 rings (SSSR count). The zero-order valence-electron chi connectivity index (χ0n) is 27.0. The predicted molar refractivity (Wildman–Crippen MR) is 178 cm³/mol. The van der Waals surface area contributed by atoms with Gasteiger partial charge in [-0.05, 0) is 74.7 Å². The second-order valence-corrected chi connectivity index (χ2v) is 12.5. The number of hydrogen-bond acceptors (Lipinski definition) is 7. The SMILES string of the molecule is COCCOc1ccc2nc(-c3cccc(C(F)(F)F)c3)c(CN3CCC(NCCO)CC3)c(C(=O)NC3(c4ccccc4)CC3)c2c1. The Morgan fingerprint density at radius 2 is 1.79 bits per heavy atom. The van der Waals surface area contributed by atoms with Crippen LogP contribution < -0.4 is 15.4 Å². The van der Waals surface area contributed by atoms with Crippen molar-refractivity contribution in [1.82, 2.24) is 20.5 Å². The van der Waals surface area contributed by atoms with Gasteiger partial charge in [-0.25, -0.2) is 4.98 Å². The zero-order valence-corrected chi connectivity index (χ0v) is 27.0. The van der Waals surface area contributed by atoms with E-state index in [1.807, 2.05) is 30.3 Å². The van der Waals surface area contributed by atoms with E-state index < -0.39 is 17.3 Å². The molecule has 0 bridgehead atoms. The minimum Gasteiger partial charge on any atom is -0.491 e. The van der Waals surface area contributed by atoms with Crippen molar-refractivity contribution in [3.8, 4) is 17.0 Å². The fourth-order valence-electron chi connectivity index (χ4n) is 6.54. The van der Waals surface area contributed by atoms with Crippen LogP contribution in [0, 0.1) is 0 Å². The maximum absolute atomic E-state index is 14.7. The molecule has 0 radical (unpaired) electrons. The van der Waals surface area contributed by atoms with E-state index in [1.165, 1.54) is 6.07 Å². The molecule has 8 nitrogen and oxygen atoms in total. The molecule has 48 heavy (non-hydrogen) atoms. The van der Waals surface area contributed by atoms with Crippen LogP contribution in [0.4, 0.5) is 13.2 Å². The number of nitrogens with one attached hydrogen (secondary N) is 2. The molecule has 0 unspecified atom stereocenters. The number of alkyl halides is 3. The molecule has 2 fully saturated rings. The summed E-state index contributed by atoms with van der Waals surface area (Å²) < 4.78 is 52.9. The molecular formula is C37H41F3N4O4. The van der Waals surface area contributed by atoms with Gasteiger partial charge in [0.15, 0.2) is 0 Å². The van der Waals surface area contributed by atoms with Crippen LogP contribution in [0.15, 0.2) is 72.8 Å². The smallest absolute Gasteiger partial charge is 0.416 e. The number of nitrogens with zero attached hydrogens (tertiary/aromatic N) is 2. The summed E-state index contributed by atoms with van der Waals surface area (Å²) in [5, 5.41) is 16.5. The molecule has 1 amide bonds. The normalized spacial score (nSPS) is 16.6. The molecule has 3 aromatic carbocycles. The first-order valence-electron chi connectivity index (χ1n) is 16.4. The Labute approximate surface area is 278 Å².